The molecule has 1 amide bonds. The Morgan fingerprint density at radius 2 is 2.12 bits per heavy atom. The maximum Gasteiger partial charge on any atom is 0.274 e. The van der Waals surface area contributed by atoms with Crippen molar-refractivity contribution < 1.29 is 13.9 Å². The molecule has 25 heavy (non-hydrogen) atoms. The van der Waals surface area contributed by atoms with Crippen LogP contribution in [0.4, 0.5) is 4.39 Å². The molecule has 0 radical (unpaired) electrons. The first-order chi connectivity index (χ1) is 12.1. The molecule has 1 aliphatic carbocycles. The topological polar surface area (TPSA) is 55.3 Å². The van der Waals surface area contributed by atoms with Crippen LogP contribution in [-0.4, -0.2) is 40.0 Å². The van der Waals surface area contributed by atoms with E-state index in [9.17, 15) is 9.18 Å². The van der Waals surface area contributed by atoms with Gasteiger partial charge in [0.2, 0.25) is 0 Å². The zero-order chi connectivity index (χ0) is 17.4. The summed E-state index contributed by atoms with van der Waals surface area (Å²) in [6, 6.07) is 6.24. The average Bonchev–Trinajstić information content (AvgIpc) is 3.17. The van der Waals surface area contributed by atoms with Gasteiger partial charge in [0.05, 0.1) is 11.9 Å². The van der Waals surface area contributed by atoms with Crippen molar-refractivity contribution in [2.24, 2.45) is 11.8 Å². The van der Waals surface area contributed by atoms with Crippen LogP contribution in [-0.2, 0) is 0 Å². The maximum absolute atomic E-state index is 13.3. The summed E-state index contributed by atoms with van der Waals surface area (Å²) in [6.45, 7) is 3.22. The zero-order valence-electron chi connectivity index (χ0n) is 14.1. The first-order valence-corrected chi connectivity index (χ1v) is 8.60. The predicted octanol–water partition coefficient (Wildman–Crippen LogP) is 2.85. The summed E-state index contributed by atoms with van der Waals surface area (Å²) < 4.78 is 19.4. The number of halogens is 1. The SMILES string of the molecule is Cc1cnc(C(=O)N2C[C@@H]3CC[C@H](Oc4cccc(F)c4)[C@@H]3C2)cn1. The lowest BCUT2D eigenvalue weighted by Crippen LogP contribution is -2.33. The molecule has 2 heterocycles. The van der Waals surface area contributed by atoms with Gasteiger partial charge in [0.25, 0.3) is 5.91 Å². The first kappa shape index (κ1) is 16.0. The van der Waals surface area contributed by atoms with Crippen LogP contribution in [0.5, 0.6) is 5.75 Å². The van der Waals surface area contributed by atoms with Gasteiger partial charge in [-0.05, 0) is 37.8 Å². The van der Waals surface area contributed by atoms with Crippen LogP contribution in [0.15, 0.2) is 36.7 Å². The number of benzene rings is 1. The molecule has 130 valence electrons. The summed E-state index contributed by atoms with van der Waals surface area (Å²) in [6.07, 6.45) is 5.13. The third kappa shape index (κ3) is 3.21. The minimum Gasteiger partial charge on any atom is -0.490 e. The van der Waals surface area contributed by atoms with Crippen LogP contribution in [0.3, 0.4) is 0 Å². The highest BCUT2D eigenvalue weighted by atomic mass is 19.1. The van der Waals surface area contributed by atoms with Crippen LogP contribution < -0.4 is 4.74 Å². The van der Waals surface area contributed by atoms with Crippen LogP contribution in [0.2, 0.25) is 0 Å². The molecule has 1 aromatic heterocycles. The average molecular weight is 341 g/mol. The minimum atomic E-state index is -0.298. The molecule has 2 fully saturated rings. The number of amides is 1. The molecule has 1 saturated carbocycles. The second-order valence-corrected chi connectivity index (χ2v) is 6.87. The van der Waals surface area contributed by atoms with E-state index in [0.29, 0.717) is 23.9 Å². The van der Waals surface area contributed by atoms with Crippen molar-refractivity contribution >= 4 is 5.91 Å². The van der Waals surface area contributed by atoms with Gasteiger partial charge in [-0.3, -0.25) is 9.78 Å². The molecular weight excluding hydrogens is 321 g/mol. The van der Waals surface area contributed by atoms with Gasteiger partial charge in [-0.25, -0.2) is 9.37 Å². The summed E-state index contributed by atoms with van der Waals surface area (Å²) in [5, 5.41) is 0. The van der Waals surface area contributed by atoms with E-state index in [4.69, 9.17) is 4.74 Å². The van der Waals surface area contributed by atoms with Crippen molar-refractivity contribution in [1.29, 1.82) is 0 Å². The van der Waals surface area contributed by atoms with Gasteiger partial charge in [0, 0.05) is 31.3 Å². The van der Waals surface area contributed by atoms with Crippen LogP contribution in [0.1, 0.15) is 29.0 Å². The number of carbonyl (C=O) groups excluding carboxylic acids is 1. The summed E-state index contributed by atoms with van der Waals surface area (Å²) in [4.78, 5) is 22.8. The highest BCUT2D eigenvalue weighted by Crippen LogP contribution is 2.40. The number of aromatic nitrogens is 2. The highest BCUT2D eigenvalue weighted by molar-refractivity contribution is 5.92. The Labute approximate surface area is 145 Å². The molecule has 1 aliphatic heterocycles. The molecular formula is C19H20FN3O2. The molecule has 1 aromatic carbocycles. The molecule has 1 saturated heterocycles. The van der Waals surface area contributed by atoms with Gasteiger partial charge < -0.3 is 9.64 Å². The van der Waals surface area contributed by atoms with E-state index in [0.717, 1.165) is 25.1 Å². The fourth-order valence-corrected chi connectivity index (χ4v) is 3.91. The van der Waals surface area contributed by atoms with Crippen molar-refractivity contribution in [2.45, 2.75) is 25.9 Å². The molecule has 0 unspecified atom stereocenters. The lowest BCUT2D eigenvalue weighted by molar-refractivity contribution is 0.0756. The number of fused-ring (bicyclic) bond motifs is 1. The number of aryl methyl sites for hydroxylation is 1. The normalized spacial score (nSPS) is 25.0. The minimum absolute atomic E-state index is 0.0219. The second kappa shape index (κ2) is 6.43. The second-order valence-electron chi connectivity index (χ2n) is 6.87. The third-order valence-electron chi connectivity index (χ3n) is 5.16. The van der Waals surface area contributed by atoms with E-state index in [2.05, 4.69) is 9.97 Å². The molecule has 0 bridgehead atoms. The third-order valence-corrected chi connectivity index (χ3v) is 5.16. The largest absolute Gasteiger partial charge is 0.490 e. The van der Waals surface area contributed by atoms with E-state index >= 15 is 0 Å². The van der Waals surface area contributed by atoms with E-state index in [1.54, 1.807) is 18.3 Å². The van der Waals surface area contributed by atoms with Crippen LogP contribution >= 0.6 is 0 Å². The molecule has 3 atom stereocenters. The number of hydrogen-bond donors (Lipinski definition) is 0. The Morgan fingerprint density at radius 3 is 2.88 bits per heavy atom. The van der Waals surface area contributed by atoms with Gasteiger partial charge >= 0.3 is 0 Å². The lowest BCUT2D eigenvalue weighted by atomic mass is 9.99. The zero-order valence-corrected chi connectivity index (χ0v) is 14.1. The van der Waals surface area contributed by atoms with Crippen molar-refractivity contribution in [2.75, 3.05) is 13.1 Å². The Kier molecular flexibility index (Phi) is 4.11. The van der Waals surface area contributed by atoms with E-state index in [1.807, 2.05) is 11.8 Å². The predicted molar refractivity (Wildman–Crippen MR) is 89.7 cm³/mol. The fourth-order valence-electron chi connectivity index (χ4n) is 3.91. The van der Waals surface area contributed by atoms with Crippen molar-refractivity contribution in [3.63, 3.8) is 0 Å². The number of rotatable bonds is 3. The Morgan fingerprint density at radius 1 is 1.24 bits per heavy atom. The quantitative estimate of drug-likeness (QED) is 0.861. The van der Waals surface area contributed by atoms with Gasteiger partial charge in [0.15, 0.2) is 0 Å². The summed E-state index contributed by atoms with van der Waals surface area (Å²) >= 11 is 0. The smallest absolute Gasteiger partial charge is 0.274 e. The molecule has 4 rings (SSSR count). The number of hydrogen-bond acceptors (Lipinski definition) is 4. The molecule has 2 aliphatic rings. The number of carbonyl (C=O) groups is 1. The molecule has 0 spiro atoms. The van der Waals surface area contributed by atoms with Gasteiger partial charge in [-0.15, -0.1) is 0 Å². The van der Waals surface area contributed by atoms with E-state index < -0.39 is 0 Å². The van der Waals surface area contributed by atoms with E-state index in [1.165, 1.54) is 18.3 Å². The van der Waals surface area contributed by atoms with Gasteiger partial charge in [-0.1, -0.05) is 6.07 Å². The Hall–Kier alpha value is -2.50. The molecule has 2 aromatic rings. The Bertz CT molecular complexity index is 780. The van der Waals surface area contributed by atoms with Crippen LogP contribution in [0.25, 0.3) is 0 Å². The van der Waals surface area contributed by atoms with Crippen molar-refractivity contribution in [3.8, 4) is 5.75 Å². The van der Waals surface area contributed by atoms with Crippen molar-refractivity contribution in [3.05, 3.63) is 53.9 Å². The van der Waals surface area contributed by atoms with Crippen LogP contribution in [0, 0.1) is 24.6 Å². The monoisotopic (exact) mass is 341 g/mol. The Balaban J connectivity index is 1.44. The van der Waals surface area contributed by atoms with Gasteiger partial charge in [-0.2, -0.15) is 0 Å². The lowest BCUT2D eigenvalue weighted by Gasteiger charge is -2.22. The first-order valence-electron chi connectivity index (χ1n) is 8.60. The fraction of sp³-hybridized carbons (Fsp3) is 0.421. The number of ether oxygens (including phenoxy) is 1. The maximum atomic E-state index is 13.3. The number of nitrogens with zero attached hydrogens (tertiary/aromatic N) is 3. The summed E-state index contributed by atoms with van der Waals surface area (Å²) in [5.74, 6) is 0.894. The summed E-state index contributed by atoms with van der Waals surface area (Å²) in [5.41, 5.74) is 1.17. The van der Waals surface area contributed by atoms with Crippen molar-refractivity contribution in [1.82, 2.24) is 14.9 Å². The van der Waals surface area contributed by atoms with Gasteiger partial charge in [0.1, 0.15) is 23.4 Å². The molecule has 5 nitrogen and oxygen atoms in total. The standard InChI is InChI=1S/C19H20FN3O2/c1-12-8-22-17(9-21-12)19(24)23-10-13-5-6-18(16(13)11-23)25-15-4-2-3-14(20)7-15/h2-4,7-9,13,16,18H,5-6,10-11H2,1H3/t13-,16+,18-/m0/s1. The van der Waals surface area contributed by atoms with E-state index in [-0.39, 0.29) is 23.7 Å². The molecule has 6 heteroatoms. The molecule has 0 N–H and O–H groups in total. The highest BCUT2D eigenvalue weighted by Gasteiger charge is 2.45. The number of likely N-dealkylation sites (tertiary alicyclic amines) is 1. The summed E-state index contributed by atoms with van der Waals surface area (Å²) in [7, 11) is 0.